The van der Waals surface area contributed by atoms with Gasteiger partial charge in [-0.05, 0) is 36.6 Å². The first kappa shape index (κ1) is 14.1. The highest BCUT2D eigenvalue weighted by atomic mass is 32.2. The largest absolute Gasteiger partial charge is 0.381 e. The lowest BCUT2D eigenvalue weighted by molar-refractivity contribution is 0.562. The SMILES string of the molecule is O=S1(=O)CCCC(Nc2cccc(Cn3cccn3)c2)C1. The molecule has 0 spiro atoms. The number of sulfone groups is 1. The molecular formula is C15H19N3O2S. The first-order chi connectivity index (χ1) is 10.1. The van der Waals surface area contributed by atoms with Crippen LogP contribution in [-0.2, 0) is 16.4 Å². The fraction of sp³-hybridized carbons (Fsp3) is 0.400. The summed E-state index contributed by atoms with van der Waals surface area (Å²) in [6, 6.07) is 9.98. The third kappa shape index (κ3) is 3.85. The van der Waals surface area contributed by atoms with Crippen molar-refractivity contribution in [3.63, 3.8) is 0 Å². The normalized spacial score (nSPS) is 21.0. The van der Waals surface area contributed by atoms with Gasteiger partial charge in [0.1, 0.15) is 0 Å². The van der Waals surface area contributed by atoms with Crippen molar-refractivity contribution in [3.05, 3.63) is 48.3 Å². The maximum absolute atomic E-state index is 11.7. The average Bonchev–Trinajstić information content (AvgIpc) is 2.91. The third-order valence-corrected chi connectivity index (χ3v) is 5.49. The van der Waals surface area contributed by atoms with Crippen LogP contribution in [-0.4, -0.2) is 35.7 Å². The smallest absolute Gasteiger partial charge is 0.152 e. The van der Waals surface area contributed by atoms with E-state index in [1.165, 1.54) is 0 Å². The Balaban J connectivity index is 1.68. The Labute approximate surface area is 124 Å². The molecule has 5 nitrogen and oxygen atoms in total. The average molecular weight is 305 g/mol. The summed E-state index contributed by atoms with van der Waals surface area (Å²) in [6.07, 6.45) is 5.33. The van der Waals surface area contributed by atoms with Crippen LogP contribution in [0.5, 0.6) is 0 Å². The van der Waals surface area contributed by atoms with Crippen molar-refractivity contribution < 1.29 is 8.42 Å². The number of anilines is 1. The fourth-order valence-corrected chi connectivity index (χ4v) is 4.35. The second-order valence-corrected chi connectivity index (χ2v) is 7.73. The number of hydrogen-bond acceptors (Lipinski definition) is 4. The Bertz CT molecular complexity index is 695. The zero-order valence-electron chi connectivity index (χ0n) is 11.8. The number of nitrogens with one attached hydrogen (secondary N) is 1. The first-order valence-corrected chi connectivity index (χ1v) is 8.96. The van der Waals surface area contributed by atoms with Crippen molar-refractivity contribution in [2.75, 3.05) is 16.8 Å². The molecule has 1 N–H and O–H groups in total. The lowest BCUT2D eigenvalue weighted by atomic mass is 10.1. The Morgan fingerprint density at radius 2 is 2.24 bits per heavy atom. The van der Waals surface area contributed by atoms with E-state index < -0.39 is 9.84 Å². The maximum atomic E-state index is 11.7. The van der Waals surface area contributed by atoms with Gasteiger partial charge in [-0.1, -0.05) is 12.1 Å². The highest BCUT2D eigenvalue weighted by molar-refractivity contribution is 7.91. The molecule has 0 saturated carbocycles. The maximum Gasteiger partial charge on any atom is 0.152 e. The van der Waals surface area contributed by atoms with Crippen LogP contribution in [0.2, 0.25) is 0 Å². The predicted molar refractivity (Wildman–Crippen MR) is 83.1 cm³/mol. The molecule has 1 fully saturated rings. The van der Waals surface area contributed by atoms with Gasteiger partial charge in [-0.3, -0.25) is 4.68 Å². The minimum absolute atomic E-state index is 0.0173. The molecule has 0 amide bonds. The zero-order chi connectivity index (χ0) is 14.7. The minimum Gasteiger partial charge on any atom is -0.381 e. The molecule has 1 atom stereocenters. The van der Waals surface area contributed by atoms with Crippen LogP contribution in [0.25, 0.3) is 0 Å². The van der Waals surface area contributed by atoms with Crippen molar-refractivity contribution in [3.8, 4) is 0 Å². The van der Waals surface area contributed by atoms with E-state index in [-0.39, 0.29) is 11.8 Å². The molecule has 1 saturated heterocycles. The second-order valence-electron chi connectivity index (χ2n) is 5.50. The van der Waals surface area contributed by atoms with Crippen molar-refractivity contribution >= 4 is 15.5 Å². The van der Waals surface area contributed by atoms with Crippen molar-refractivity contribution in [1.82, 2.24) is 9.78 Å². The number of benzene rings is 1. The molecule has 0 bridgehead atoms. The van der Waals surface area contributed by atoms with Crippen LogP contribution in [0.15, 0.2) is 42.7 Å². The summed E-state index contributed by atoms with van der Waals surface area (Å²) in [5.74, 6) is 0.556. The Morgan fingerprint density at radius 1 is 1.33 bits per heavy atom. The van der Waals surface area contributed by atoms with Crippen LogP contribution < -0.4 is 5.32 Å². The van der Waals surface area contributed by atoms with Crippen molar-refractivity contribution in [1.29, 1.82) is 0 Å². The Hall–Kier alpha value is -1.82. The fourth-order valence-electron chi connectivity index (χ4n) is 2.71. The predicted octanol–water partition coefficient (Wildman–Crippen LogP) is 1.92. The number of aromatic nitrogens is 2. The highest BCUT2D eigenvalue weighted by Gasteiger charge is 2.24. The van der Waals surface area contributed by atoms with Gasteiger partial charge in [0.2, 0.25) is 0 Å². The van der Waals surface area contributed by atoms with E-state index in [1.807, 2.05) is 35.1 Å². The molecule has 112 valence electrons. The van der Waals surface area contributed by atoms with Crippen LogP contribution >= 0.6 is 0 Å². The quantitative estimate of drug-likeness (QED) is 0.937. The van der Waals surface area contributed by atoms with Gasteiger partial charge in [0.15, 0.2) is 9.84 Å². The van der Waals surface area contributed by atoms with Crippen LogP contribution in [0.1, 0.15) is 18.4 Å². The van der Waals surface area contributed by atoms with Gasteiger partial charge in [-0.15, -0.1) is 0 Å². The molecular weight excluding hydrogens is 286 g/mol. The van der Waals surface area contributed by atoms with E-state index in [1.54, 1.807) is 6.20 Å². The third-order valence-electron chi connectivity index (χ3n) is 3.66. The monoisotopic (exact) mass is 305 g/mol. The molecule has 2 heterocycles. The topological polar surface area (TPSA) is 64.0 Å². The van der Waals surface area contributed by atoms with Gasteiger partial charge < -0.3 is 5.32 Å². The molecule has 6 heteroatoms. The minimum atomic E-state index is -2.88. The van der Waals surface area contributed by atoms with Crippen LogP contribution in [0.4, 0.5) is 5.69 Å². The Kier molecular flexibility index (Phi) is 3.96. The van der Waals surface area contributed by atoms with E-state index in [0.29, 0.717) is 12.3 Å². The van der Waals surface area contributed by atoms with Gasteiger partial charge in [-0.2, -0.15) is 5.10 Å². The molecule has 1 unspecified atom stereocenters. The summed E-state index contributed by atoms with van der Waals surface area (Å²) in [7, 11) is -2.88. The second kappa shape index (κ2) is 5.89. The number of hydrogen-bond donors (Lipinski definition) is 1. The van der Waals surface area contributed by atoms with Crippen molar-refractivity contribution in [2.24, 2.45) is 0 Å². The zero-order valence-corrected chi connectivity index (χ0v) is 12.6. The first-order valence-electron chi connectivity index (χ1n) is 7.14. The van der Waals surface area contributed by atoms with E-state index in [4.69, 9.17) is 0 Å². The van der Waals surface area contributed by atoms with Crippen LogP contribution in [0, 0.1) is 0 Å². The standard InChI is InChI=1S/C15H19N3O2S/c19-21(20)9-2-6-15(12-21)17-14-5-1-4-13(10-14)11-18-8-3-7-16-18/h1,3-5,7-8,10,15,17H,2,6,9,11-12H2. The van der Waals surface area contributed by atoms with E-state index in [0.717, 1.165) is 24.1 Å². The lowest BCUT2D eigenvalue weighted by Crippen LogP contribution is -2.34. The van der Waals surface area contributed by atoms with Gasteiger partial charge in [-0.25, -0.2) is 8.42 Å². The molecule has 3 rings (SSSR count). The van der Waals surface area contributed by atoms with Gasteiger partial charge in [0.25, 0.3) is 0 Å². The van der Waals surface area contributed by atoms with Gasteiger partial charge in [0, 0.05) is 24.1 Å². The van der Waals surface area contributed by atoms with Gasteiger partial charge >= 0.3 is 0 Å². The molecule has 21 heavy (non-hydrogen) atoms. The lowest BCUT2D eigenvalue weighted by Gasteiger charge is -2.24. The van der Waals surface area contributed by atoms with Gasteiger partial charge in [0.05, 0.1) is 18.1 Å². The summed E-state index contributed by atoms with van der Waals surface area (Å²) in [5, 5.41) is 7.54. The summed E-state index contributed by atoms with van der Waals surface area (Å²) >= 11 is 0. The molecule has 2 aromatic rings. The molecule has 1 aromatic heterocycles. The van der Waals surface area contributed by atoms with Crippen molar-refractivity contribution in [2.45, 2.75) is 25.4 Å². The van der Waals surface area contributed by atoms with E-state index in [9.17, 15) is 8.42 Å². The van der Waals surface area contributed by atoms with E-state index in [2.05, 4.69) is 16.5 Å². The molecule has 1 aromatic carbocycles. The Morgan fingerprint density at radius 3 is 3.00 bits per heavy atom. The molecule has 1 aliphatic rings. The molecule has 0 radical (unpaired) electrons. The summed E-state index contributed by atoms with van der Waals surface area (Å²) in [4.78, 5) is 0. The summed E-state index contributed by atoms with van der Waals surface area (Å²) in [6.45, 7) is 0.714. The molecule has 0 aliphatic carbocycles. The summed E-state index contributed by atoms with van der Waals surface area (Å²) in [5.41, 5.74) is 2.11. The number of nitrogens with zero attached hydrogens (tertiary/aromatic N) is 2. The highest BCUT2D eigenvalue weighted by Crippen LogP contribution is 2.18. The number of rotatable bonds is 4. The van der Waals surface area contributed by atoms with E-state index >= 15 is 0 Å². The summed E-state index contributed by atoms with van der Waals surface area (Å²) < 4.78 is 25.2. The van der Waals surface area contributed by atoms with Crippen LogP contribution in [0.3, 0.4) is 0 Å². The molecule has 1 aliphatic heterocycles.